The summed E-state index contributed by atoms with van der Waals surface area (Å²) in [7, 11) is 0. The van der Waals surface area contributed by atoms with Crippen LogP contribution in [0.4, 0.5) is 5.69 Å². The Labute approximate surface area is 77.7 Å². The predicted octanol–water partition coefficient (Wildman–Crippen LogP) is 0.612. The Bertz CT molecular complexity index is 345. The van der Waals surface area contributed by atoms with E-state index in [-0.39, 0.29) is 16.3 Å². The van der Waals surface area contributed by atoms with Crippen LogP contribution in [0.25, 0.3) is 0 Å². The standard InChI is InChI=1S/C7H4ClNO4/c8-5-1-4(7(10)11)2-6(3-5)9(12)13/h1-3H,(H,10,11)/p-1. The van der Waals surface area contributed by atoms with Crippen molar-refractivity contribution in [3.63, 3.8) is 0 Å². The van der Waals surface area contributed by atoms with Gasteiger partial charge in [-0.2, -0.15) is 0 Å². The van der Waals surface area contributed by atoms with Crippen LogP contribution in [0.5, 0.6) is 0 Å². The van der Waals surface area contributed by atoms with Crippen LogP contribution in [-0.2, 0) is 0 Å². The van der Waals surface area contributed by atoms with Gasteiger partial charge in [0.25, 0.3) is 5.69 Å². The molecule has 0 unspecified atom stereocenters. The van der Waals surface area contributed by atoms with Crippen molar-refractivity contribution in [3.8, 4) is 0 Å². The summed E-state index contributed by atoms with van der Waals surface area (Å²) in [6.45, 7) is 0. The number of aromatic carboxylic acids is 1. The molecule has 0 aliphatic rings. The lowest BCUT2D eigenvalue weighted by Crippen LogP contribution is -2.22. The molecule has 0 atom stereocenters. The molecule has 0 aliphatic heterocycles. The fourth-order valence-corrected chi connectivity index (χ4v) is 1.03. The van der Waals surface area contributed by atoms with Gasteiger partial charge in [-0.1, -0.05) is 11.6 Å². The van der Waals surface area contributed by atoms with E-state index in [0.717, 1.165) is 18.2 Å². The summed E-state index contributed by atoms with van der Waals surface area (Å²) < 4.78 is 0. The Morgan fingerprint density at radius 3 is 2.46 bits per heavy atom. The fraction of sp³-hybridized carbons (Fsp3) is 0. The largest absolute Gasteiger partial charge is 0.545 e. The molecule has 0 bridgehead atoms. The maximum Gasteiger partial charge on any atom is 0.271 e. The Morgan fingerprint density at radius 2 is 2.00 bits per heavy atom. The topological polar surface area (TPSA) is 83.3 Å². The van der Waals surface area contributed by atoms with Crippen molar-refractivity contribution in [2.45, 2.75) is 0 Å². The predicted molar refractivity (Wildman–Crippen MR) is 42.4 cm³/mol. The van der Waals surface area contributed by atoms with E-state index < -0.39 is 10.9 Å². The third-order valence-corrected chi connectivity index (χ3v) is 1.55. The normalized spacial score (nSPS) is 9.62. The zero-order chi connectivity index (χ0) is 10.0. The molecule has 0 saturated carbocycles. The number of hydrogen-bond donors (Lipinski definition) is 0. The first-order chi connectivity index (χ1) is 6.00. The molecule has 0 aromatic heterocycles. The molecule has 1 rings (SSSR count). The number of rotatable bonds is 2. The van der Waals surface area contributed by atoms with Gasteiger partial charge < -0.3 is 9.90 Å². The summed E-state index contributed by atoms with van der Waals surface area (Å²) >= 11 is 5.44. The lowest BCUT2D eigenvalue weighted by Gasteiger charge is -2.01. The maximum absolute atomic E-state index is 10.3. The smallest absolute Gasteiger partial charge is 0.271 e. The summed E-state index contributed by atoms with van der Waals surface area (Å²) in [5.74, 6) is -1.49. The number of nitrogens with zero attached hydrogens (tertiary/aromatic N) is 1. The summed E-state index contributed by atoms with van der Waals surface area (Å²) in [6.07, 6.45) is 0. The second-order valence-electron chi connectivity index (χ2n) is 2.24. The molecule has 5 nitrogen and oxygen atoms in total. The van der Waals surface area contributed by atoms with Crippen LogP contribution < -0.4 is 5.11 Å². The summed E-state index contributed by atoms with van der Waals surface area (Å²) in [5, 5.41) is 20.6. The van der Waals surface area contributed by atoms with Gasteiger partial charge in [-0.15, -0.1) is 0 Å². The molecule has 0 heterocycles. The van der Waals surface area contributed by atoms with Crippen molar-refractivity contribution in [1.82, 2.24) is 0 Å². The van der Waals surface area contributed by atoms with E-state index in [4.69, 9.17) is 11.6 Å². The molecule has 0 amide bonds. The van der Waals surface area contributed by atoms with Crippen LogP contribution >= 0.6 is 11.6 Å². The highest BCUT2D eigenvalue weighted by atomic mass is 35.5. The van der Waals surface area contributed by atoms with Crippen LogP contribution in [0.3, 0.4) is 0 Å². The third-order valence-electron chi connectivity index (χ3n) is 1.33. The number of benzene rings is 1. The molecular weight excluding hydrogens is 198 g/mol. The van der Waals surface area contributed by atoms with Crippen LogP contribution in [0.2, 0.25) is 5.02 Å². The average Bonchev–Trinajstić information content (AvgIpc) is 2.03. The highest BCUT2D eigenvalue weighted by Gasteiger charge is 2.08. The molecule has 0 radical (unpaired) electrons. The van der Waals surface area contributed by atoms with Gasteiger partial charge >= 0.3 is 0 Å². The Morgan fingerprint density at radius 1 is 1.38 bits per heavy atom. The Kier molecular flexibility index (Phi) is 2.48. The zero-order valence-electron chi connectivity index (χ0n) is 6.19. The van der Waals surface area contributed by atoms with Crippen molar-refractivity contribution >= 4 is 23.3 Å². The molecule has 0 fully saturated rings. The third kappa shape index (κ3) is 2.16. The first kappa shape index (κ1) is 9.47. The summed E-state index contributed by atoms with van der Waals surface area (Å²) in [4.78, 5) is 19.9. The second-order valence-corrected chi connectivity index (χ2v) is 2.68. The van der Waals surface area contributed by atoms with Gasteiger partial charge in [0.1, 0.15) is 0 Å². The lowest BCUT2D eigenvalue weighted by atomic mass is 10.2. The highest BCUT2D eigenvalue weighted by Crippen LogP contribution is 2.20. The van der Waals surface area contributed by atoms with E-state index in [1.807, 2.05) is 0 Å². The van der Waals surface area contributed by atoms with Crippen molar-refractivity contribution < 1.29 is 14.8 Å². The van der Waals surface area contributed by atoms with Gasteiger partial charge in [0.05, 0.1) is 10.9 Å². The fourth-order valence-electron chi connectivity index (χ4n) is 0.797. The lowest BCUT2D eigenvalue weighted by molar-refractivity contribution is -0.385. The van der Waals surface area contributed by atoms with E-state index in [1.54, 1.807) is 0 Å². The number of carbonyl (C=O) groups excluding carboxylic acids is 1. The number of carboxylic acids is 1. The van der Waals surface area contributed by atoms with Crippen molar-refractivity contribution in [2.75, 3.05) is 0 Å². The minimum atomic E-state index is -1.49. The molecule has 13 heavy (non-hydrogen) atoms. The van der Waals surface area contributed by atoms with E-state index in [9.17, 15) is 20.0 Å². The number of hydrogen-bond acceptors (Lipinski definition) is 4. The van der Waals surface area contributed by atoms with Crippen LogP contribution in [0.1, 0.15) is 10.4 Å². The van der Waals surface area contributed by atoms with Crippen molar-refractivity contribution in [3.05, 3.63) is 38.9 Å². The number of halogens is 1. The second kappa shape index (κ2) is 3.40. The number of nitro groups is 1. The van der Waals surface area contributed by atoms with E-state index in [0.29, 0.717) is 0 Å². The number of carbonyl (C=O) groups is 1. The maximum atomic E-state index is 10.3. The molecule has 0 aliphatic carbocycles. The molecule has 0 spiro atoms. The Hall–Kier alpha value is -1.62. The zero-order valence-corrected chi connectivity index (χ0v) is 6.95. The minimum absolute atomic E-state index is 0.00611. The quantitative estimate of drug-likeness (QED) is 0.517. The molecule has 0 saturated heterocycles. The molecule has 1 aromatic carbocycles. The number of non-ortho nitro benzene ring substituents is 1. The first-order valence-electron chi connectivity index (χ1n) is 3.17. The van der Waals surface area contributed by atoms with Gasteiger partial charge in [-0.25, -0.2) is 0 Å². The van der Waals surface area contributed by atoms with Crippen LogP contribution in [-0.4, -0.2) is 10.9 Å². The van der Waals surface area contributed by atoms with E-state index >= 15 is 0 Å². The summed E-state index contributed by atoms with van der Waals surface area (Å²) in [6, 6.07) is 3.04. The summed E-state index contributed by atoms with van der Waals surface area (Å²) in [5.41, 5.74) is -0.675. The molecular formula is C7H3ClNO4-. The highest BCUT2D eigenvalue weighted by molar-refractivity contribution is 6.31. The van der Waals surface area contributed by atoms with Crippen molar-refractivity contribution in [2.24, 2.45) is 0 Å². The van der Waals surface area contributed by atoms with Gasteiger partial charge in [0.15, 0.2) is 0 Å². The first-order valence-corrected chi connectivity index (χ1v) is 3.55. The van der Waals surface area contributed by atoms with Crippen LogP contribution in [0, 0.1) is 10.1 Å². The van der Waals surface area contributed by atoms with Crippen molar-refractivity contribution in [1.29, 1.82) is 0 Å². The van der Waals surface area contributed by atoms with Gasteiger partial charge in [-0.3, -0.25) is 10.1 Å². The number of nitro benzene ring substituents is 1. The van der Waals surface area contributed by atoms with Gasteiger partial charge in [0, 0.05) is 22.7 Å². The minimum Gasteiger partial charge on any atom is -0.545 e. The molecule has 1 aromatic rings. The Balaban J connectivity index is 3.26. The monoisotopic (exact) mass is 200 g/mol. The van der Waals surface area contributed by atoms with E-state index in [2.05, 4.69) is 0 Å². The number of carboxylic acid groups (broad SMARTS) is 1. The molecule has 6 heteroatoms. The SMILES string of the molecule is O=C([O-])c1cc(Cl)cc([N+](=O)[O-])c1. The molecule has 0 N–H and O–H groups in total. The van der Waals surface area contributed by atoms with Crippen LogP contribution in [0.15, 0.2) is 18.2 Å². The van der Waals surface area contributed by atoms with Gasteiger partial charge in [0.2, 0.25) is 0 Å². The van der Waals surface area contributed by atoms with E-state index in [1.165, 1.54) is 0 Å². The molecule has 68 valence electrons. The average molecular weight is 201 g/mol. The van der Waals surface area contributed by atoms with Gasteiger partial charge in [-0.05, 0) is 6.07 Å².